The van der Waals surface area contributed by atoms with Gasteiger partial charge in [0.15, 0.2) is 6.19 Å². The predicted molar refractivity (Wildman–Crippen MR) is 137 cm³/mol. The van der Waals surface area contributed by atoms with E-state index in [4.69, 9.17) is 5.26 Å². The number of aliphatic imine (C=N–C) groups is 1. The van der Waals surface area contributed by atoms with Crippen LogP contribution in [0.25, 0.3) is 5.57 Å². The van der Waals surface area contributed by atoms with Crippen molar-refractivity contribution >= 4 is 28.8 Å². The van der Waals surface area contributed by atoms with Crippen molar-refractivity contribution in [3.8, 4) is 6.19 Å². The van der Waals surface area contributed by atoms with E-state index in [0.29, 0.717) is 17.1 Å². The number of pyridine rings is 1. The number of piperidine rings is 1. The molecule has 1 aliphatic heterocycles. The molecule has 0 aromatic carbocycles. The van der Waals surface area contributed by atoms with Crippen molar-refractivity contribution in [3.63, 3.8) is 0 Å². The normalized spacial score (nSPS) is 14.1. The Balaban J connectivity index is 1.75. The summed E-state index contributed by atoms with van der Waals surface area (Å²) in [5.74, 6) is 0.439. The third kappa shape index (κ3) is 5.39. The summed E-state index contributed by atoms with van der Waals surface area (Å²) in [7, 11) is 1.68. The molecule has 1 saturated heterocycles. The Hall–Kier alpha value is -3.38. The number of hydrogen-bond donors (Lipinski definition) is 3. The number of nitrogens with one attached hydrogen (secondary N) is 3. The molecule has 8 nitrogen and oxygen atoms in total. The molecule has 0 saturated carbocycles. The maximum Gasteiger partial charge on any atom is 0.253 e. The van der Waals surface area contributed by atoms with Crippen molar-refractivity contribution in [1.29, 1.82) is 5.26 Å². The minimum Gasteiger partial charge on any atom is -0.348 e. The minimum absolute atomic E-state index is 0.161. The van der Waals surface area contributed by atoms with E-state index in [1.54, 1.807) is 18.4 Å². The third-order valence-corrected chi connectivity index (χ3v) is 7.45. The monoisotopic (exact) mass is 480 g/mol. The van der Waals surface area contributed by atoms with Crippen LogP contribution in [0.1, 0.15) is 63.8 Å². The molecule has 9 heteroatoms. The van der Waals surface area contributed by atoms with Gasteiger partial charge in [-0.2, -0.15) is 5.26 Å². The predicted octanol–water partition coefficient (Wildman–Crippen LogP) is 3.61. The number of nitrogens with zero attached hydrogens (tertiary/aromatic N) is 3. The minimum atomic E-state index is -0.166. The lowest BCUT2D eigenvalue weighted by molar-refractivity contribution is 0.0950. The molecule has 0 radical (unpaired) electrons. The first kappa shape index (κ1) is 25.2. The average molecular weight is 481 g/mol. The molecule has 0 bridgehead atoms. The number of aromatic amines is 1. The number of H-pyrrole nitrogens is 1. The number of carbonyl (C=O) groups excluding carboxylic acids is 1. The van der Waals surface area contributed by atoms with Gasteiger partial charge in [0.05, 0.1) is 5.56 Å². The first-order chi connectivity index (χ1) is 16.3. The van der Waals surface area contributed by atoms with Crippen molar-refractivity contribution in [3.05, 3.63) is 60.2 Å². The molecule has 3 N–H and O–H groups in total. The van der Waals surface area contributed by atoms with E-state index in [-0.39, 0.29) is 18.0 Å². The lowest BCUT2D eigenvalue weighted by Gasteiger charge is -2.31. The van der Waals surface area contributed by atoms with Gasteiger partial charge >= 0.3 is 0 Å². The molecule has 2 aromatic heterocycles. The second-order valence-electron chi connectivity index (χ2n) is 8.44. The molecule has 3 heterocycles. The smallest absolute Gasteiger partial charge is 0.253 e. The maximum absolute atomic E-state index is 13.0. The second-order valence-corrected chi connectivity index (χ2v) is 9.32. The molecule has 180 valence electrons. The zero-order valence-corrected chi connectivity index (χ0v) is 21.3. The summed E-state index contributed by atoms with van der Waals surface area (Å²) in [6.07, 6.45) is 4.62. The van der Waals surface area contributed by atoms with Crippen LogP contribution in [0, 0.1) is 32.2 Å². The number of rotatable bonds is 5. The van der Waals surface area contributed by atoms with Gasteiger partial charge in [-0.05, 0) is 62.8 Å². The summed E-state index contributed by atoms with van der Waals surface area (Å²) in [5.41, 5.74) is 6.42. The third-order valence-electron chi connectivity index (χ3n) is 6.30. The van der Waals surface area contributed by atoms with Crippen molar-refractivity contribution in [2.45, 2.75) is 53.5 Å². The van der Waals surface area contributed by atoms with Crippen molar-refractivity contribution in [2.24, 2.45) is 4.99 Å². The Morgan fingerprint density at radius 2 is 2.00 bits per heavy atom. The van der Waals surface area contributed by atoms with Gasteiger partial charge in [0.25, 0.3) is 11.5 Å². The fourth-order valence-corrected chi connectivity index (χ4v) is 5.73. The highest BCUT2D eigenvalue weighted by molar-refractivity contribution is 7.11. The van der Waals surface area contributed by atoms with E-state index in [1.807, 2.05) is 38.4 Å². The number of nitriles is 1. The van der Waals surface area contributed by atoms with E-state index >= 15 is 0 Å². The van der Waals surface area contributed by atoms with E-state index in [2.05, 4.69) is 32.4 Å². The van der Waals surface area contributed by atoms with Crippen molar-refractivity contribution in [2.75, 3.05) is 20.1 Å². The highest BCUT2D eigenvalue weighted by Crippen LogP contribution is 2.36. The summed E-state index contributed by atoms with van der Waals surface area (Å²) < 4.78 is 0. The Morgan fingerprint density at radius 1 is 1.29 bits per heavy atom. The Bertz CT molecular complexity index is 1220. The van der Waals surface area contributed by atoms with Gasteiger partial charge in [-0.25, -0.2) is 0 Å². The van der Waals surface area contributed by atoms with Gasteiger partial charge in [-0.15, -0.1) is 11.3 Å². The molecule has 0 spiro atoms. The zero-order chi connectivity index (χ0) is 24.8. The summed E-state index contributed by atoms with van der Waals surface area (Å²) in [5, 5.41) is 16.4. The van der Waals surface area contributed by atoms with Gasteiger partial charge in [0.1, 0.15) is 0 Å². The maximum atomic E-state index is 13.0. The van der Waals surface area contributed by atoms with Gasteiger partial charge in [-0.1, -0.05) is 12.5 Å². The van der Waals surface area contributed by atoms with Crippen LogP contribution in [-0.4, -0.2) is 41.9 Å². The molecule has 0 aliphatic carbocycles. The lowest BCUT2D eigenvalue weighted by atomic mass is 9.93. The molecule has 1 aliphatic rings. The topological polar surface area (TPSA) is 113 Å². The van der Waals surface area contributed by atoms with E-state index in [1.165, 1.54) is 11.1 Å². The Kier molecular flexibility index (Phi) is 8.29. The first-order valence-corrected chi connectivity index (χ1v) is 12.3. The number of hydrogen-bond acceptors (Lipinski definition) is 5. The number of likely N-dealkylation sites (tertiary alicyclic amines) is 1. The van der Waals surface area contributed by atoms with Gasteiger partial charge in [0.2, 0.25) is 5.96 Å². The zero-order valence-electron chi connectivity index (χ0n) is 20.5. The molecule has 34 heavy (non-hydrogen) atoms. The van der Waals surface area contributed by atoms with Crippen molar-refractivity contribution in [1.82, 2.24) is 20.5 Å². The van der Waals surface area contributed by atoms with E-state index in [9.17, 15) is 9.59 Å². The largest absolute Gasteiger partial charge is 0.348 e. The number of amides is 1. The van der Waals surface area contributed by atoms with Crippen LogP contribution < -0.4 is 16.2 Å². The fourth-order valence-electron chi connectivity index (χ4n) is 4.49. The number of carbonyl (C=O) groups is 1. The Labute approximate surface area is 204 Å². The standard InChI is InChI=1S/C25H32N6O2S/c1-6-19(18-7-9-31(10-8-18)25(27-5)29-14-26)22-17(4)21(13-34-22)23(32)28-12-20-15(2)11-16(3)30-24(20)33/h11,13H,6-10,12H2,1-5H3,(H,27,29)(H,28,32)(H,30,33). The molecule has 2 aromatic rings. The second kappa shape index (κ2) is 11.2. The first-order valence-electron chi connectivity index (χ1n) is 11.4. The summed E-state index contributed by atoms with van der Waals surface area (Å²) in [6, 6.07) is 1.91. The number of aromatic nitrogens is 1. The lowest BCUT2D eigenvalue weighted by Crippen LogP contribution is -2.42. The molecule has 1 amide bonds. The molecule has 1 fully saturated rings. The van der Waals surface area contributed by atoms with Crippen molar-refractivity contribution < 1.29 is 4.79 Å². The molecule has 0 unspecified atom stereocenters. The summed E-state index contributed by atoms with van der Waals surface area (Å²) in [6.45, 7) is 9.65. The fraction of sp³-hybridized carbons (Fsp3) is 0.440. The van der Waals surface area contributed by atoms with Gasteiger partial charge in [-0.3, -0.25) is 19.9 Å². The van der Waals surface area contributed by atoms with Crippen LogP contribution in [-0.2, 0) is 6.54 Å². The highest BCUT2D eigenvalue weighted by Gasteiger charge is 2.23. The van der Waals surface area contributed by atoms with Crippen LogP contribution in [0.5, 0.6) is 0 Å². The Morgan fingerprint density at radius 3 is 2.59 bits per heavy atom. The summed E-state index contributed by atoms with van der Waals surface area (Å²) in [4.78, 5) is 35.4. The quantitative estimate of drug-likeness (QED) is 0.262. The van der Waals surface area contributed by atoms with Gasteiger partial charge < -0.3 is 15.2 Å². The number of aryl methyl sites for hydroxylation is 2. The van der Waals surface area contributed by atoms with Crippen LogP contribution in [0.15, 0.2) is 26.8 Å². The molecular weight excluding hydrogens is 448 g/mol. The van der Waals surface area contributed by atoms with Crippen LogP contribution >= 0.6 is 11.3 Å². The summed E-state index contributed by atoms with van der Waals surface area (Å²) >= 11 is 1.60. The highest BCUT2D eigenvalue weighted by atomic mass is 32.1. The molecule has 0 atom stereocenters. The molecule has 3 rings (SSSR count). The van der Waals surface area contributed by atoms with E-state index < -0.39 is 0 Å². The number of allylic oxidation sites excluding steroid dienone is 1. The SMILES string of the molecule is CCC(=C1CCN(C(=NC)NC#N)CC1)c1scc(C(=O)NCc2c(C)cc(C)[nH]c2=O)c1C. The molecular formula is C25H32N6O2S. The average Bonchev–Trinajstić information content (AvgIpc) is 3.19. The van der Waals surface area contributed by atoms with Crippen LogP contribution in [0.2, 0.25) is 0 Å². The number of thiophene rings is 1. The number of guanidine groups is 1. The van der Waals surface area contributed by atoms with Gasteiger partial charge in [0, 0.05) is 48.2 Å². The van der Waals surface area contributed by atoms with Crippen LogP contribution in [0.4, 0.5) is 0 Å². The van der Waals surface area contributed by atoms with Crippen LogP contribution in [0.3, 0.4) is 0 Å². The van der Waals surface area contributed by atoms with E-state index in [0.717, 1.165) is 54.0 Å².